The van der Waals surface area contributed by atoms with Crippen LogP contribution < -0.4 is 21.1 Å². The van der Waals surface area contributed by atoms with Crippen LogP contribution >= 0.6 is 27.3 Å². The van der Waals surface area contributed by atoms with Crippen molar-refractivity contribution in [3.05, 3.63) is 50.6 Å². The van der Waals surface area contributed by atoms with Crippen molar-refractivity contribution < 1.29 is 9.59 Å². The van der Waals surface area contributed by atoms with Crippen molar-refractivity contribution in [2.75, 3.05) is 24.5 Å². The lowest BCUT2D eigenvalue weighted by Gasteiger charge is -2.23. The van der Waals surface area contributed by atoms with Crippen LogP contribution in [0.3, 0.4) is 0 Å². The Morgan fingerprint density at radius 3 is 2.64 bits per heavy atom. The van der Waals surface area contributed by atoms with Gasteiger partial charge in [0, 0.05) is 25.3 Å². The summed E-state index contributed by atoms with van der Waals surface area (Å²) in [5.41, 5.74) is 7.06. The van der Waals surface area contributed by atoms with E-state index in [-0.39, 0.29) is 5.91 Å². The third-order valence-corrected chi connectivity index (χ3v) is 5.12. The van der Waals surface area contributed by atoms with Gasteiger partial charge in [-0.05, 0) is 59.6 Å². The van der Waals surface area contributed by atoms with E-state index in [1.807, 2.05) is 6.07 Å². The molecule has 2 rings (SSSR count). The van der Waals surface area contributed by atoms with Gasteiger partial charge < -0.3 is 10.2 Å². The molecule has 0 aliphatic rings. The number of nitrogens with zero attached hydrogens (tertiary/aromatic N) is 1. The highest BCUT2D eigenvalue weighted by Crippen LogP contribution is 2.21. The van der Waals surface area contributed by atoms with Crippen LogP contribution in [-0.2, 0) is 0 Å². The molecule has 0 unspecified atom stereocenters. The summed E-state index contributed by atoms with van der Waals surface area (Å²) in [5, 5.41) is 2.73. The summed E-state index contributed by atoms with van der Waals surface area (Å²) in [7, 11) is 0. The number of thiophene rings is 1. The van der Waals surface area contributed by atoms with E-state index in [9.17, 15) is 9.59 Å². The molecule has 0 aliphatic carbocycles. The molecule has 0 atom stereocenters. The minimum absolute atomic E-state index is 0.346. The van der Waals surface area contributed by atoms with Gasteiger partial charge in [0.15, 0.2) is 0 Å². The number of anilines is 1. The van der Waals surface area contributed by atoms with Crippen molar-refractivity contribution in [1.29, 1.82) is 0 Å². The summed E-state index contributed by atoms with van der Waals surface area (Å²) < 4.78 is 0.859. The fourth-order valence-corrected chi connectivity index (χ4v) is 3.54. The molecule has 1 aromatic carbocycles. The lowest BCUT2D eigenvalue weighted by Crippen LogP contribution is -2.48. The predicted octanol–water partition coefficient (Wildman–Crippen LogP) is 3.29. The molecular weight excluding hydrogens is 404 g/mol. The zero-order valence-electron chi connectivity index (χ0n) is 14.1. The van der Waals surface area contributed by atoms with Crippen LogP contribution in [-0.4, -0.2) is 31.6 Å². The Kier molecular flexibility index (Phi) is 7.27. The number of hydrogen-bond donors (Lipinski definition) is 3. The smallest absolute Gasteiger partial charge is 0.333 e. The van der Waals surface area contributed by atoms with Crippen LogP contribution in [0.15, 0.2) is 40.2 Å². The van der Waals surface area contributed by atoms with E-state index in [0.717, 1.165) is 16.0 Å². The molecular formula is C17H21BrN4O2S. The van der Waals surface area contributed by atoms with Gasteiger partial charge in [-0.25, -0.2) is 10.2 Å². The zero-order chi connectivity index (χ0) is 18.2. The van der Waals surface area contributed by atoms with Crippen LogP contribution in [0.1, 0.15) is 22.2 Å². The van der Waals surface area contributed by atoms with Gasteiger partial charge >= 0.3 is 6.03 Å². The molecule has 0 saturated heterocycles. The number of halogens is 1. The minimum Gasteiger partial charge on any atom is -0.370 e. The van der Waals surface area contributed by atoms with Crippen LogP contribution in [0.5, 0.6) is 0 Å². The summed E-state index contributed by atoms with van der Waals surface area (Å²) in [6.07, 6.45) is 0. The molecule has 0 saturated carbocycles. The molecule has 8 heteroatoms. The number of amides is 3. The number of urea groups is 1. The highest BCUT2D eigenvalue weighted by Gasteiger charge is 2.10. The maximum Gasteiger partial charge on any atom is 0.333 e. The number of hydrazine groups is 1. The first kappa shape index (κ1) is 19.3. The topological polar surface area (TPSA) is 73.5 Å². The maximum absolute atomic E-state index is 11.8. The second kappa shape index (κ2) is 9.43. The average Bonchev–Trinajstić information content (AvgIpc) is 3.03. The van der Waals surface area contributed by atoms with Crippen molar-refractivity contribution >= 4 is 44.9 Å². The summed E-state index contributed by atoms with van der Waals surface area (Å²) in [5.74, 6) is -0.346. The maximum atomic E-state index is 11.8. The molecule has 3 N–H and O–H groups in total. The SMILES string of the molecule is CCN(CCNC(=O)NNC(=O)c1ccc(Br)s1)c1cccc(C)c1. The van der Waals surface area contributed by atoms with Crippen molar-refractivity contribution in [1.82, 2.24) is 16.2 Å². The number of benzene rings is 1. The van der Waals surface area contributed by atoms with Gasteiger partial charge in [-0.2, -0.15) is 0 Å². The molecule has 0 fully saturated rings. The Bertz CT molecular complexity index is 735. The fraction of sp³-hybridized carbons (Fsp3) is 0.294. The number of carbonyl (C=O) groups excluding carboxylic acids is 2. The molecule has 6 nitrogen and oxygen atoms in total. The first-order valence-corrected chi connectivity index (χ1v) is 9.51. The molecule has 1 aromatic heterocycles. The molecule has 1 heterocycles. The van der Waals surface area contributed by atoms with Gasteiger partial charge in [-0.15, -0.1) is 11.3 Å². The van der Waals surface area contributed by atoms with E-state index in [2.05, 4.69) is 69.0 Å². The number of hydrogen-bond acceptors (Lipinski definition) is 4. The van der Waals surface area contributed by atoms with E-state index < -0.39 is 6.03 Å². The highest BCUT2D eigenvalue weighted by atomic mass is 79.9. The first-order chi connectivity index (χ1) is 12.0. The van der Waals surface area contributed by atoms with Gasteiger partial charge in [-0.1, -0.05) is 12.1 Å². The number of aryl methyl sites for hydroxylation is 1. The van der Waals surface area contributed by atoms with Gasteiger partial charge in [0.1, 0.15) is 0 Å². The quantitative estimate of drug-likeness (QED) is 0.622. The highest BCUT2D eigenvalue weighted by molar-refractivity contribution is 9.11. The van der Waals surface area contributed by atoms with Crippen LogP contribution in [0.2, 0.25) is 0 Å². The number of carbonyl (C=O) groups is 2. The normalized spacial score (nSPS) is 10.2. The Balaban J connectivity index is 1.73. The third kappa shape index (κ3) is 6.06. The molecule has 134 valence electrons. The molecule has 0 radical (unpaired) electrons. The number of rotatable bonds is 6. The van der Waals surface area contributed by atoms with E-state index in [1.54, 1.807) is 12.1 Å². The van der Waals surface area contributed by atoms with E-state index in [0.29, 0.717) is 18.0 Å². The van der Waals surface area contributed by atoms with E-state index >= 15 is 0 Å². The molecule has 3 amide bonds. The number of nitrogens with one attached hydrogen (secondary N) is 3. The largest absolute Gasteiger partial charge is 0.370 e. The molecule has 25 heavy (non-hydrogen) atoms. The summed E-state index contributed by atoms with van der Waals surface area (Å²) in [6, 6.07) is 11.3. The minimum atomic E-state index is -0.440. The second-order valence-electron chi connectivity index (χ2n) is 5.36. The molecule has 0 spiro atoms. The predicted molar refractivity (Wildman–Crippen MR) is 105 cm³/mol. The van der Waals surface area contributed by atoms with Crippen molar-refractivity contribution in [3.8, 4) is 0 Å². The van der Waals surface area contributed by atoms with Gasteiger partial charge in [0.05, 0.1) is 8.66 Å². The number of likely N-dealkylation sites (N-methyl/N-ethyl adjacent to an activating group) is 1. The van der Waals surface area contributed by atoms with Crippen molar-refractivity contribution in [2.24, 2.45) is 0 Å². The van der Waals surface area contributed by atoms with Gasteiger partial charge in [0.25, 0.3) is 5.91 Å². The lowest BCUT2D eigenvalue weighted by molar-refractivity contribution is 0.0940. The van der Waals surface area contributed by atoms with E-state index in [1.165, 1.54) is 16.9 Å². The Morgan fingerprint density at radius 2 is 2.00 bits per heavy atom. The molecule has 0 aliphatic heterocycles. The van der Waals surface area contributed by atoms with Gasteiger partial charge in [-0.3, -0.25) is 10.2 Å². The average molecular weight is 425 g/mol. The van der Waals surface area contributed by atoms with Crippen LogP contribution in [0.25, 0.3) is 0 Å². The fourth-order valence-electron chi connectivity index (χ4n) is 2.25. The van der Waals surface area contributed by atoms with Crippen LogP contribution in [0.4, 0.5) is 10.5 Å². The first-order valence-electron chi connectivity index (χ1n) is 7.90. The van der Waals surface area contributed by atoms with Crippen molar-refractivity contribution in [2.45, 2.75) is 13.8 Å². The standard InChI is InChI=1S/C17H21BrN4O2S/c1-3-22(13-6-4-5-12(2)11-13)10-9-19-17(24)21-20-16(23)14-7-8-15(18)25-14/h4-8,11H,3,9-10H2,1-2H3,(H,20,23)(H2,19,21,24). The molecule has 0 bridgehead atoms. The summed E-state index contributed by atoms with van der Waals surface area (Å²) >= 11 is 4.59. The summed E-state index contributed by atoms with van der Waals surface area (Å²) in [6.45, 7) is 6.11. The van der Waals surface area contributed by atoms with Crippen molar-refractivity contribution in [3.63, 3.8) is 0 Å². The monoisotopic (exact) mass is 424 g/mol. The second-order valence-corrected chi connectivity index (χ2v) is 7.82. The summed E-state index contributed by atoms with van der Waals surface area (Å²) in [4.78, 5) is 26.3. The van der Waals surface area contributed by atoms with Crippen LogP contribution in [0, 0.1) is 6.92 Å². The molecule has 2 aromatic rings. The Hall–Kier alpha value is -2.06. The van der Waals surface area contributed by atoms with E-state index in [4.69, 9.17) is 0 Å². The third-order valence-electron chi connectivity index (χ3n) is 3.50. The van der Waals surface area contributed by atoms with Gasteiger partial charge in [0.2, 0.25) is 0 Å². The lowest BCUT2D eigenvalue weighted by atomic mass is 10.2. The zero-order valence-corrected chi connectivity index (χ0v) is 16.5. The Labute approximate surface area is 159 Å². The Morgan fingerprint density at radius 1 is 1.20 bits per heavy atom.